The molecule has 1 atom stereocenters. The molecule has 1 aromatic rings. The Bertz CT molecular complexity index is 525. The Morgan fingerprint density at radius 2 is 1.86 bits per heavy atom. The van der Waals surface area contributed by atoms with Gasteiger partial charge in [0.1, 0.15) is 11.6 Å². The lowest BCUT2D eigenvalue weighted by Crippen LogP contribution is -2.45. The van der Waals surface area contributed by atoms with Crippen LogP contribution < -0.4 is 10.1 Å². The van der Waals surface area contributed by atoms with E-state index in [9.17, 15) is 17.6 Å². The van der Waals surface area contributed by atoms with E-state index in [-0.39, 0.29) is 11.8 Å². The van der Waals surface area contributed by atoms with Crippen molar-refractivity contribution >= 4 is 0 Å². The highest BCUT2D eigenvalue weighted by molar-refractivity contribution is 5.33. The fourth-order valence-electron chi connectivity index (χ4n) is 3.07. The number of nitrogens with one attached hydrogen (secondary N) is 1. The predicted molar refractivity (Wildman–Crippen MR) is 73.0 cm³/mol. The van der Waals surface area contributed by atoms with Crippen LogP contribution in [0, 0.1) is 11.7 Å². The van der Waals surface area contributed by atoms with Gasteiger partial charge in [-0.3, -0.25) is 4.90 Å². The maximum Gasteiger partial charge on any atom is 0.573 e. The number of halogens is 4. The van der Waals surface area contributed by atoms with Crippen molar-refractivity contribution in [2.24, 2.45) is 5.92 Å². The minimum Gasteiger partial charge on any atom is -0.406 e. The van der Waals surface area contributed by atoms with Gasteiger partial charge in [-0.2, -0.15) is 0 Å². The van der Waals surface area contributed by atoms with E-state index in [4.69, 9.17) is 0 Å². The molecule has 1 aliphatic heterocycles. The van der Waals surface area contributed by atoms with Gasteiger partial charge in [0.05, 0.1) is 0 Å². The van der Waals surface area contributed by atoms with E-state index in [1.807, 2.05) is 0 Å². The third kappa shape index (κ3) is 3.70. The summed E-state index contributed by atoms with van der Waals surface area (Å²) in [6.45, 7) is 3.16. The maximum atomic E-state index is 14.2. The molecule has 7 heteroatoms. The normalized spacial score (nSPS) is 21.6. The maximum absolute atomic E-state index is 14.2. The molecule has 1 aromatic carbocycles. The van der Waals surface area contributed by atoms with E-state index in [1.165, 1.54) is 6.07 Å². The number of rotatable bonds is 4. The van der Waals surface area contributed by atoms with Gasteiger partial charge in [0.25, 0.3) is 0 Å². The van der Waals surface area contributed by atoms with Crippen molar-refractivity contribution in [3.05, 3.63) is 29.6 Å². The van der Waals surface area contributed by atoms with Crippen molar-refractivity contribution in [1.82, 2.24) is 10.2 Å². The van der Waals surface area contributed by atoms with Crippen LogP contribution in [0.25, 0.3) is 0 Å². The molecule has 1 saturated carbocycles. The van der Waals surface area contributed by atoms with Crippen LogP contribution in [-0.4, -0.2) is 37.4 Å². The number of benzene rings is 1. The minimum atomic E-state index is -4.76. The summed E-state index contributed by atoms with van der Waals surface area (Å²) in [5.74, 6) is -0.511. The first-order valence-electron chi connectivity index (χ1n) is 7.44. The van der Waals surface area contributed by atoms with Gasteiger partial charge >= 0.3 is 6.36 Å². The molecule has 1 heterocycles. The zero-order valence-corrected chi connectivity index (χ0v) is 12.0. The van der Waals surface area contributed by atoms with Crippen molar-refractivity contribution in [1.29, 1.82) is 0 Å². The van der Waals surface area contributed by atoms with Crippen molar-refractivity contribution in [3.63, 3.8) is 0 Å². The summed E-state index contributed by atoms with van der Waals surface area (Å²) in [7, 11) is 0. The Morgan fingerprint density at radius 1 is 1.18 bits per heavy atom. The molecule has 0 radical (unpaired) electrons. The molecule has 2 aliphatic rings. The van der Waals surface area contributed by atoms with Crippen LogP contribution in [0.2, 0.25) is 0 Å². The first-order chi connectivity index (χ1) is 10.4. The molecule has 1 aliphatic carbocycles. The second-order valence-corrected chi connectivity index (χ2v) is 5.80. The Balaban J connectivity index is 1.87. The quantitative estimate of drug-likeness (QED) is 0.864. The van der Waals surface area contributed by atoms with Crippen LogP contribution >= 0.6 is 0 Å². The fraction of sp³-hybridized carbons (Fsp3) is 0.600. The van der Waals surface area contributed by atoms with Crippen molar-refractivity contribution < 1.29 is 22.3 Å². The van der Waals surface area contributed by atoms with Crippen LogP contribution in [0.15, 0.2) is 18.2 Å². The average Bonchev–Trinajstić information content (AvgIpc) is 3.27. The van der Waals surface area contributed by atoms with E-state index in [1.54, 1.807) is 0 Å². The van der Waals surface area contributed by atoms with Crippen molar-refractivity contribution in [2.45, 2.75) is 25.2 Å². The lowest BCUT2D eigenvalue weighted by Gasteiger charge is -2.35. The predicted octanol–water partition coefficient (Wildman–Crippen LogP) is 3.08. The number of alkyl halides is 3. The monoisotopic (exact) mass is 318 g/mol. The molecular weight excluding hydrogens is 300 g/mol. The summed E-state index contributed by atoms with van der Waals surface area (Å²) >= 11 is 0. The molecule has 3 rings (SSSR count). The molecule has 0 aromatic heterocycles. The molecule has 3 nitrogen and oxygen atoms in total. The minimum absolute atomic E-state index is 0.168. The molecule has 122 valence electrons. The molecule has 0 bridgehead atoms. The van der Waals surface area contributed by atoms with Crippen LogP contribution in [0.4, 0.5) is 17.6 Å². The SMILES string of the molecule is Fc1ccc(OC(F)(F)F)cc1[C@@H](C1CC1)N1CCNCC1. The largest absolute Gasteiger partial charge is 0.573 e. The summed E-state index contributed by atoms with van der Waals surface area (Å²) in [6.07, 6.45) is -2.80. The van der Waals surface area contributed by atoms with E-state index >= 15 is 0 Å². The zero-order valence-electron chi connectivity index (χ0n) is 12.0. The molecule has 1 saturated heterocycles. The Hall–Kier alpha value is -1.34. The standard InChI is InChI=1S/C15H18F4N2O/c16-13-4-3-11(22-15(17,18)19)9-12(13)14(10-1-2-10)21-7-5-20-6-8-21/h3-4,9-10,14,20H,1-2,5-8H2/t14-/m1/s1. The van der Waals surface area contributed by atoms with Crippen molar-refractivity contribution in [2.75, 3.05) is 26.2 Å². The average molecular weight is 318 g/mol. The Labute approximate surface area is 126 Å². The molecule has 1 N–H and O–H groups in total. The van der Waals surface area contributed by atoms with Gasteiger partial charge in [-0.1, -0.05) is 0 Å². The topological polar surface area (TPSA) is 24.5 Å². The van der Waals surface area contributed by atoms with Gasteiger partial charge in [0, 0.05) is 37.8 Å². The molecule has 0 amide bonds. The first-order valence-corrected chi connectivity index (χ1v) is 7.44. The molecule has 0 unspecified atom stereocenters. The Kier molecular flexibility index (Phi) is 4.27. The summed E-state index contributed by atoms with van der Waals surface area (Å²) in [6, 6.07) is 3.12. The highest BCUT2D eigenvalue weighted by Gasteiger charge is 2.39. The number of hydrogen-bond donors (Lipinski definition) is 1. The second-order valence-electron chi connectivity index (χ2n) is 5.80. The van der Waals surface area contributed by atoms with E-state index < -0.39 is 12.2 Å². The van der Waals surface area contributed by atoms with Crippen LogP contribution in [0.5, 0.6) is 5.75 Å². The van der Waals surface area contributed by atoms with Gasteiger partial charge in [-0.15, -0.1) is 13.2 Å². The molecule has 0 spiro atoms. The number of piperazine rings is 1. The van der Waals surface area contributed by atoms with Crippen LogP contribution in [-0.2, 0) is 0 Å². The molecule has 2 fully saturated rings. The summed E-state index contributed by atoms with van der Waals surface area (Å²) in [5.41, 5.74) is 0.311. The second kappa shape index (κ2) is 6.04. The van der Waals surface area contributed by atoms with Gasteiger partial charge in [-0.05, 0) is 37.0 Å². The van der Waals surface area contributed by atoms with Crippen LogP contribution in [0.3, 0.4) is 0 Å². The number of hydrogen-bond acceptors (Lipinski definition) is 3. The zero-order chi connectivity index (χ0) is 15.7. The smallest absolute Gasteiger partial charge is 0.406 e. The van der Waals surface area contributed by atoms with Gasteiger partial charge < -0.3 is 10.1 Å². The van der Waals surface area contributed by atoms with Gasteiger partial charge in [0.15, 0.2) is 0 Å². The third-order valence-electron chi connectivity index (χ3n) is 4.13. The number of nitrogens with zero attached hydrogens (tertiary/aromatic N) is 1. The van der Waals surface area contributed by atoms with Gasteiger partial charge in [0.2, 0.25) is 0 Å². The lowest BCUT2D eigenvalue weighted by atomic mass is 9.99. The van der Waals surface area contributed by atoms with E-state index in [0.29, 0.717) is 11.5 Å². The third-order valence-corrected chi connectivity index (χ3v) is 4.13. The summed E-state index contributed by atoms with van der Waals surface area (Å²) < 4.78 is 55.3. The van der Waals surface area contributed by atoms with E-state index in [2.05, 4.69) is 15.0 Å². The lowest BCUT2D eigenvalue weighted by molar-refractivity contribution is -0.274. The van der Waals surface area contributed by atoms with Crippen LogP contribution in [0.1, 0.15) is 24.4 Å². The fourth-order valence-corrected chi connectivity index (χ4v) is 3.07. The Morgan fingerprint density at radius 3 is 2.45 bits per heavy atom. The highest BCUT2D eigenvalue weighted by atomic mass is 19.4. The van der Waals surface area contributed by atoms with E-state index in [0.717, 1.165) is 51.2 Å². The molecular formula is C15H18F4N2O. The van der Waals surface area contributed by atoms with Crippen molar-refractivity contribution in [3.8, 4) is 5.75 Å². The highest BCUT2D eigenvalue weighted by Crippen LogP contribution is 2.46. The van der Waals surface area contributed by atoms with Gasteiger partial charge in [-0.25, -0.2) is 4.39 Å². The number of ether oxygens (including phenoxy) is 1. The molecule has 22 heavy (non-hydrogen) atoms. The first kappa shape index (κ1) is 15.6. The summed E-state index contributed by atoms with van der Waals surface area (Å²) in [4.78, 5) is 2.16. The summed E-state index contributed by atoms with van der Waals surface area (Å²) in [5, 5.41) is 3.23.